The molecule has 36 heavy (non-hydrogen) atoms. The summed E-state index contributed by atoms with van der Waals surface area (Å²) < 4.78 is 8.60. The number of hydrogen-bond acceptors (Lipinski definition) is 7. The van der Waals surface area contributed by atoms with Gasteiger partial charge in [-0.15, -0.1) is 0 Å². The molecule has 0 aliphatic carbocycles. The highest BCUT2D eigenvalue weighted by atomic mass is 32.2. The van der Waals surface area contributed by atoms with E-state index in [-0.39, 0.29) is 18.4 Å². The van der Waals surface area contributed by atoms with Gasteiger partial charge in [-0.1, -0.05) is 44.2 Å². The number of ether oxygens (including phenoxy) is 1. The quantitative estimate of drug-likeness (QED) is 0.197. The summed E-state index contributed by atoms with van der Waals surface area (Å²) in [5.41, 5.74) is 10.3. The first-order chi connectivity index (χ1) is 17.3. The lowest BCUT2D eigenvalue weighted by molar-refractivity contribution is -0.137. The van der Waals surface area contributed by atoms with Crippen LogP contribution in [0.1, 0.15) is 68.6 Å². The van der Waals surface area contributed by atoms with E-state index in [0.29, 0.717) is 18.5 Å². The molecular formula is C28H40N4O3S. The van der Waals surface area contributed by atoms with Gasteiger partial charge in [-0.3, -0.25) is 4.79 Å². The van der Waals surface area contributed by atoms with Gasteiger partial charge in [0.2, 0.25) is 0 Å². The summed E-state index contributed by atoms with van der Waals surface area (Å²) in [6.45, 7) is 8.60. The number of nitrogens with zero attached hydrogens (tertiary/aromatic N) is 2. The Morgan fingerprint density at radius 3 is 2.81 bits per heavy atom. The highest BCUT2D eigenvalue weighted by Gasteiger charge is 2.24. The standard InChI is InChI=1S/C28H40N4O3S/c1-4-14-31(30)18-24(29)13-12-22(16-28(33)34)21-11-10-20(3)23(15-21)17-32-19-25(5-2)35-26-8-6-7-9-27(26)36-32/h6-11,15,18,22,25H,4-5,12-14,16-17,19,29-30H2,1-3H3,(H,33,34)/b24-18-/t22?,25-/m1/s1. The molecule has 0 amide bonds. The Bertz CT molecular complexity index is 1050. The van der Waals surface area contributed by atoms with E-state index in [9.17, 15) is 9.90 Å². The van der Waals surface area contributed by atoms with Crippen LogP contribution < -0.4 is 16.3 Å². The number of carboxylic acids is 1. The normalized spacial score (nSPS) is 17.1. The summed E-state index contributed by atoms with van der Waals surface area (Å²) >= 11 is 1.72. The average molecular weight is 513 g/mol. The number of hydrogen-bond donors (Lipinski definition) is 3. The van der Waals surface area contributed by atoms with Gasteiger partial charge in [0.25, 0.3) is 0 Å². The molecule has 8 heteroatoms. The van der Waals surface area contributed by atoms with E-state index in [4.69, 9.17) is 16.3 Å². The van der Waals surface area contributed by atoms with Crippen molar-refractivity contribution in [1.82, 2.24) is 9.31 Å². The van der Waals surface area contributed by atoms with Crippen molar-refractivity contribution in [3.05, 3.63) is 71.1 Å². The number of fused-ring (bicyclic) bond motifs is 1. The Balaban J connectivity index is 1.78. The topological polar surface area (TPSA) is 105 Å². The number of carbonyl (C=O) groups is 1. The maximum Gasteiger partial charge on any atom is 0.303 e. The third kappa shape index (κ3) is 8.18. The van der Waals surface area contributed by atoms with Crippen molar-refractivity contribution < 1.29 is 14.6 Å². The Kier molecular flexibility index (Phi) is 10.5. The van der Waals surface area contributed by atoms with E-state index in [1.165, 1.54) is 11.1 Å². The van der Waals surface area contributed by atoms with Gasteiger partial charge in [0.05, 0.1) is 11.3 Å². The fraction of sp³-hybridized carbons (Fsp3) is 0.464. The minimum atomic E-state index is -0.807. The van der Waals surface area contributed by atoms with E-state index in [1.54, 1.807) is 23.2 Å². The Morgan fingerprint density at radius 1 is 1.31 bits per heavy atom. The van der Waals surface area contributed by atoms with Crippen molar-refractivity contribution >= 4 is 17.9 Å². The average Bonchev–Trinajstić information content (AvgIpc) is 3.01. The minimum Gasteiger partial charge on any atom is -0.488 e. The van der Waals surface area contributed by atoms with Gasteiger partial charge < -0.3 is 20.6 Å². The molecule has 196 valence electrons. The Morgan fingerprint density at radius 2 is 2.08 bits per heavy atom. The second-order valence-corrected chi connectivity index (χ2v) is 10.6. The largest absolute Gasteiger partial charge is 0.488 e. The number of rotatable bonds is 12. The monoisotopic (exact) mass is 512 g/mol. The summed E-state index contributed by atoms with van der Waals surface area (Å²) in [6.07, 6.45) is 5.03. The van der Waals surface area contributed by atoms with Crippen LogP contribution in [0.5, 0.6) is 5.75 Å². The lowest BCUT2D eigenvalue weighted by Crippen LogP contribution is -2.29. The predicted octanol–water partition coefficient (Wildman–Crippen LogP) is 5.40. The van der Waals surface area contributed by atoms with Crippen LogP contribution in [0.15, 0.2) is 59.3 Å². The fourth-order valence-electron chi connectivity index (χ4n) is 4.40. The zero-order valence-electron chi connectivity index (χ0n) is 21.7. The number of aryl methyl sites for hydroxylation is 1. The lowest BCUT2D eigenvalue weighted by Gasteiger charge is -2.24. The van der Waals surface area contributed by atoms with E-state index < -0.39 is 5.97 Å². The highest BCUT2D eigenvalue weighted by molar-refractivity contribution is 7.97. The molecule has 0 saturated carbocycles. The highest BCUT2D eigenvalue weighted by Crippen LogP contribution is 2.37. The maximum absolute atomic E-state index is 11.7. The zero-order valence-corrected chi connectivity index (χ0v) is 22.5. The van der Waals surface area contributed by atoms with Gasteiger partial charge in [0, 0.05) is 31.5 Å². The number of benzene rings is 2. The zero-order chi connectivity index (χ0) is 26.1. The molecule has 0 radical (unpaired) electrons. The molecule has 1 aliphatic rings. The van der Waals surface area contributed by atoms with Crippen LogP contribution in [-0.4, -0.2) is 39.6 Å². The maximum atomic E-state index is 11.7. The van der Waals surface area contributed by atoms with Crippen LogP contribution in [0.3, 0.4) is 0 Å². The minimum absolute atomic E-state index is 0.0642. The summed E-state index contributed by atoms with van der Waals surface area (Å²) in [4.78, 5) is 12.8. The molecule has 1 aliphatic heterocycles. The molecular weight excluding hydrogens is 472 g/mol. The molecule has 0 spiro atoms. The van der Waals surface area contributed by atoms with E-state index in [1.807, 2.05) is 18.2 Å². The van der Waals surface area contributed by atoms with Gasteiger partial charge in [0.15, 0.2) is 0 Å². The van der Waals surface area contributed by atoms with Crippen molar-refractivity contribution in [3.63, 3.8) is 0 Å². The third-order valence-corrected chi connectivity index (χ3v) is 7.51. The van der Waals surface area contributed by atoms with Crippen LogP contribution in [0.2, 0.25) is 0 Å². The molecule has 1 unspecified atom stereocenters. The predicted molar refractivity (Wildman–Crippen MR) is 146 cm³/mol. The number of para-hydroxylation sites is 1. The molecule has 5 N–H and O–H groups in total. The SMILES string of the molecule is CCCN(N)/C=C(\N)CCC(CC(=O)O)c1ccc(C)c(CN2C[C@@H](CC)Oc3ccccc3S2)c1. The molecule has 0 fully saturated rings. The van der Waals surface area contributed by atoms with Crippen LogP contribution >= 0.6 is 11.9 Å². The molecule has 2 aromatic rings. The first-order valence-electron chi connectivity index (χ1n) is 12.8. The molecule has 3 rings (SSSR count). The number of hydrazine groups is 1. The first kappa shape index (κ1) is 27.9. The van der Waals surface area contributed by atoms with Gasteiger partial charge in [-0.25, -0.2) is 10.1 Å². The second-order valence-electron chi connectivity index (χ2n) is 9.47. The molecule has 1 heterocycles. The van der Waals surface area contributed by atoms with Gasteiger partial charge in [-0.2, -0.15) is 0 Å². The third-order valence-electron chi connectivity index (χ3n) is 6.44. The second kappa shape index (κ2) is 13.6. The van der Waals surface area contributed by atoms with Gasteiger partial charge >= 0.3 is 5.97 Å². The molecule has 0 saturated heterocycles. The van der Waals surface area contributed by atoms with Crippen LogP contribution in [0.25, 0.3) is 0 Å². The lowest BCUT2D eigenvalue weighted by atomic mass is 9.88. The van der Waals surface area contributed by atoms with Crippen LogP contribution in [-0.2, 0) is 11.3 Å². The Labute approximate surface area is 219 Å². The summed E-state index contributed by atoms with van der Waals surface area (Å²) in [5.74, 6) is 5.94. The summed E-state index contributed by atoms with van der Waals surface area (Å²) in [7, 11) is 0. The number of carboxylic acid groups (broad SMARTS) is 1. The van der Waals surface area contributed by atoms with Crippen molar-refractivity contribution in [1.29, 1.82) is 0 Å². The van der Waals surface area contributed by atoms with Crippen molar-refractivity contribution in [2.75, 3.05) is 13.1 Å². The smallest absolute Gasteiger partial charge is 0.303 e. The Hall–Kier alpha value is -2.68. The molecule has 2 atom stereocenters. The fourth-order valence-corrected chi connectivity index (χ4v) is 5.46. The van der Waals surface area contributed by atoms with Crippen LogP contribution in [0, 0.1) is 6.92 Å². The number of nitrogens with two attached hydrogens (primary N) is 2. The van der Waals surface area contributed by atoms with E-state index >= 15 is 0 Å². The van der Waals surface area contributed by atoms with E-state index in [0.717, 1.165) is 48.7 Å². The first-order valence-corrected chi connectivity index (χ1v) is 13.5. The van der Waals surface area contributed by atoms with Crippen LogP contribution in [0.4, 0.5) is 0 Å². The van der Waals surface area contributed by atoms with Crippen molar-refractivity contribution in [2.24, 2.45) is 11.6 Å². The molecule has 0 aromatic heterocycles. The summed E-state index contributed by atoms with van der Waals surface area (Å²) in [6, 6.07) is 14.5. The van der Waals surface area contributed by atoms with Gasteiger partial charge in [0.1, 0.15) is 11.9 Å². The molecule has 0 bridgehead atoms. The number of aliphatic carboxylic acids is 1. The number of allylic oxidation sites excluding steroid dienone is 1. The molecule has 7 nitrogen and oxygen atoms in total. The van der Waals surface area contributed by atoms with Gasteiger partial charge in [-0.05, 0) is 79.3 Å². The van der Waals surface area contributed by atoms with Crippen molar-refractivity contribution in [2.45, 2.75) is 76.3 Å². The summed E-state index contributed by atoms with van der Waals surface area (Å²) in [5, 5.41) is 11.2. The van der Waals surface area contributed by atoms with E-state index in [2.05, 4.69) is 49.3 Å². The molecule has 2 aromatic carbocycles. The van der Waals surface area contributed by atoms with Crippen molar-refractivity contribution in [3.8, 4) is 5.75 Å².